The van der Waals surface area contributed by atoms with E-state index in [1.54, 1.807) is 36.4 Å². The van der Waals surface area contributed by atoms with Crippen molar-refractivity contribution >= 4 is 39.9 Å². The van der Waals surface area contributed by atoms with E-state index in [1.165, 1.54) is 11.3 Å². The Hall–Kier alpha value is -2.89. The molecule has 0 aliphatic rings. The second kappa shape index (κ2) is 7.26. The SMILES string of the molecule is Cc1cc2oc(=O)c(-c3ccc(Cc4ccc(C(=O)O)cc4)s3)cc2cc1Cl. The lowest BCUT2D eigenvalue weighted by atomic mass is 10.1. The molecule has 4 nitrogen and oxygen atoms in total. The largest absolute Gasteiger partial charge is 0.478 e. The van der Waals surface area contributed by atoms with Crippen molar-refractivity contribution in [2.24, 2.45) is 0 Å². The van der Waals surface area contributed by atoms with Crippen molar-refractivity contribution in [3.05, 3.63) is 91.6 Å². The first-order valence-corrected chi connectivity index (χ1v) is 9.75. The van der Waals surface area contributed by atoms with E-state index >= 15 is 0 Å². The molecule has 28 heavy (non-hydrogen) atoms. The Kier molecular flexibility index (Phi) is 4.79. The summed E-state index contributed by atoms with van der Waals surface area (Å²) in [7, 11) is 0. The van der Waals surface area contributed by atoms with E-state index in [9.17, 15) is 9.59 Å². The van der Waals surface area contributed by atoms with Gasteiger partial charge in [-0.25, -0.2) is 9.59 Å². The Balaban J connectivity index is 1.65. The Morgan fingerprint density at radius 1 is 1.11 bits per heavy atom. The summed E-state index contributed by atoms with van der Waals surface area (Å²) in [6.07, 6.45) is 0.661. The minimum absolute atomic E-state index is 0.262. The number of thiophene rings is 1. The second-order valence-electron chi connectivity index (χ2n) is 6.53. The lowest BCUT2D eigenvalue weighted by Crippen LogP contribution is -2.01. The van der Waals surface area contributed by atoms with Gasteiger partial charge in [0.15, 0.2) is 0 Å². The third kappa shape index (κ3) is 3.59. The fourth-order valence-electron chi connectivity index (χ4n) is 3.00. The Labute approximate surface area is 169 Å². The number of hydrogen-bond donors (Lipinski definition) is 1. The van der Waals surface area contributed by atoms with Crippen LogP contribution in [0, 0.1) is 6.92 Å². The summed E-state index contributed by atoms with van der Waals surface area (Å²) in [6, 6.07) is 16.0. The normalized spacial score (nSPS) is 11.1. The van der Waals surface area contributed by atoms with Gasteiger partial charge in [-0.3, -0.25) is 0 Å². The Bertz CT molecular complexity index is 1250. The van der Waals surface area contributed by atoms with Gasteiger partial charge in [0, 0.05) is 26.6 Å². The first-order chi connectivity index (χ1) is 13.4. The average Bonchev–Trinajstić information content (AvgIpc) is 3.11. The van der Waals surface area contributed by atoms with Gasteiger partial charge in [-0.05, 0) is 60.5 Å². The highest BCUT2D eigenvalue weighted by Gasteiger charge is 2.12. The molecular weight excluding hydrogens is 396 g/mol. The van der Waals surface area contributed by atoms with Crippen molar-refractivity contribution in [3.63, 3.8) is 0 Å². The van der Waals surface area contributed by atoms with Crippen LogP contribution in [-0.2, 0) is 6.42 Å². The molecule has 0 fully saturated rings. The molecule has 4 aromatic rings. The molecule has 0 saturated heterocycles. The van der Waals surface area contributed by atoms with E-state index in [4.69, 9.17) is 21.1 Å². The molecular formula is C22H15ClO4S. The predicted molar refractivity (Wildman–Crippen MR) is 112 cm³/mol. The van der Waals surface area contributed by atoms with Gasteiger partial charge in [-0.1, -0.05) is 23.7 Å². The predicted octanol–water partition coefficient (Wildman–Crippen LogP) is 5.77. The van der Waals surface area contributed by atoms with Gasteiger partial charge in [0.25, 0.3) is 0 Å². The van der Waals surface area contributed by atoms with Crippen LogP contribution in [0.15, 0.2) is 63.8 Å². The Morgan fingerprint density at radius 2 is 1.86 bits per heavy atom. The van der Waals surface area contributed by atoms with Crippen LogP contribution in [0.5, 0.6) is 0 Å². The van der Waals surface area contributed by atoms with Crippen LogP contribution >= 0.6 is 22.9 Å². The average molecular weight is 411 g/mol. The summed E-state index contributed by atoms with van der Waals surface area (Å²) >= 11 is 7.71. The van der Waals surface area contributed by atoms with Crippen LogP contribution in [0.1, 0.15) is 26.4 Å². The van der Waals surface area contributed by atoms with E-state index in [2.05, 4.69) is 0 Å². The van der Waals surface area contributed by atoms with Crippen molar-refractivity contribution < 1.29 is 14.3 Å². The number of aryl methyl sites for hydroxylation is 1. The number of benzene rings is 2. The van der Waals surface area contributed by atoms with Crippen LogP contribution in [0.4, 0.5) is 0 Å². The molecule has 2 heterocycles. The molecule has 0 atom stereocenters. The lowest BCUT2D eigenvalue weighted by molar-refractivity contribution is 0.0697. The molecule has 0 bridgehead atoms. The number of aromatic carboxylic acids is 1. The van der Waals surface area contributed by atoms with Gasteiger partial charge in [0.05, 0.1) is 11.1 Å². The van der Waals surface area contributed by atoms with Crippen molar-refractivity contribution in [2.75, 3.05) is 0 Å². The zero-order valence-electron chi connectivity index (χ0n) is 14.9. The van der Waals surface area contributed by atoms with Gasteiger partial charge in [-0.15, -0.1) is 11.3 Å². The summed E-state index contributed by atoms with van der Waals surface area (Å²) in [4.78, 5) is 25.3. The maximum Gasteiger partial charge on any atom is 0.345 e. The van der Waals surface area contributed by atoms with Crippen molar-refractivity contribution in [3.8, 4) is 10.4 Å². The lowest BCUT2D eigenvalue weighted by Gasteiger charge is -2.03. The van der Waals surface area contributed by atoms with Crippen molar-refractivity contribution in [1.82, 2.24) is 0 Å². The topological polar surface area (TPSA) is 67.5 Å². The summed E-state index contributed by atoms with van der Waals surface area (Å²) in [5.74, 6) is -0.941. The highest BCUT2D eigenvalue weighted by molar-refractivity contribution is 7.15. The summed E-state index contributed by atoms with van der Waals surface area (Å²) in [5.41, 5.74) is 2.77. The standard InChI is InChI=1S/C22H15ClO4S/c1-12-8-19-15(11-18(12)23)10-17(22(26)27-19)20-7-6-16(28-20)9-13-2-4-14(5-3-13)21(24)25/h2-8,10-11H,9H2,1H3,(H,24,25). The van der Waals surface area contributed by atoms with Crippen molar-refractivity contribution in [1.29, 1.82) is 0 Å². The van der Waals surface area contributed by atoms with Gasteiger partial charge in [-0.2, -0.15) is 0 Å². The maximum absolute atomic E-state index is 12.5. The van der Waals surface area contributed by atoms with Gasteiger partial charge < -0.3 is 9.52 Å². The minimum Gasteiger partial charge on any atom is -0.478 e. The van der Waals surface area contributed by atoms with E-state index in [1.807, 2.05) is 25.1 Å². The van der Waals surface area contributed by atoms with Crippen LogP contribution in [0.25, 0.3) is 21.4 Å². The molecule has 0 amide bonds. The minimum atomic E-state index is -0.941. The molecule has 0 saturated carbocycles. The number of carboxylic acids is 1. The first kappa shape index (κ1) is 18.5. The summed E-state index contributed by atoms with van der Waals surface area (Å²) in [5, 5.41) is 10.4. The van der Waals surface area contributed by atoms with E-state index in [0.717, 1.165) is 26.3 Å². The van der Waals surface area contributed by atoms with Crippen LogP contribution < -0.4 is 5.63 Å². The summed E-state index contributed by atoms with van der Waals surface area (Å²) in [6.45, 7) is 1.87. The first-order valence-electron chi connectivity index (χ1n) is 8.56. The molecule has 0 spiro atoms. The highest BCUT2D eigenvalue weighted by atomic mass is 35.5. The van der Waals surface area contributed by atoms with E-state index < -0.39 is 5.97 Å². The molecule has 2 aromatic carbocycles. The van der Waals surface area contributed by atoms with Crippen LogP contribution in [0.2, 0.25) is 5.02 Å². The second-order valence-corrected chi connectivity index (χ2v) is 8.11. The third-order valence-electron chi connectivity index (χ3n) is 4.52. The van der Waals surface area contributed by atoms with Gasteiger partial charge in [0.2, 0.25) is 0 Å². The number of halogens is 1. The highest BCUT2D eigenvalue weighted by Crippen LogP contribution is 2.31. The molecule has 0 aliphatic heterocycles. The number of carboxylic acid groups (broad SMARTS) is 1. The van der Waals surface area contributed by atoms with Crippen molar-refractivity contribution in [2.45, 2.75) is 13.3 Å². The number of rotatable bonds is 4. The van der Waals surface area contributed by atoms with Crippen LogP contribution in [-0.4, -0.2) is 11.1 Å². The zero-order chi connectivity index (χ0) is 19.8. The van der Waals surface area contributed by atoms with Crippen LogP contribution in [0.3, 0.4) is 0 Å². The number of carbonyl (C=O) groups is 1. The molecule has 1 N–H and O–H groups in total. The third-order valence-corrected chi connectivity index (χ3v) is 6.05. The molecule has 0 aliphatic carbocycles. The molecule has 2 aromatic heterocycles. The van der Waals surface area contributed by atoms with Gasteiger partial charge >= 0.3 is 11.6 Å². The zero-order valence-corrected chi connectivity index (χ0v) is 16.4. The quantitative estimate of drug-likeness (QED) is 0.433. The summed E-state index contributed by atoms with van der Waals surface area (Å²) < 4.78 is 5.48. The Morgan fingerprint density at radius 3 is 2.57 bits per heavy atom. The molecule has 4 rings (SSSR count). The smallest absolute Gasteiger partial charge is 0.345 e. The molecule has 6 heteroatoms. The monoisotopic (exact) mass is 410 g/mol. The molecule has 140 valence electrons. The fourth-order valence-corrected chi connectivity index (χ4v) is 4.21. The van der Waals surface area contributed by atoms with E-state index in [0.29, 0.717) is 22.6 Å². The molecule has 0 radical (unpaired) electrons. The fraction of sp³-hybridized carbons (Fsp3) is 0.0909. The maximum atomic E-state index is 12.5. The molecule has 0 unspecified atom stereocenters. The van der Waals surface area contributed by atoms with Gasteiger partial charge in [0.1, 0.15) is 5.58 Å². The number of hydrogen-bond acceptors (Lipinski definition) is 4. The number of fused-ring (bicyclic) bond motifs is 1. The van der Waals surface area contributed by atoms with E-state index in [-0.39, 0.29) is 11.2 Å².